The normalized spacial score (nSPS) is 13.0. The van der Waals surface area contributed by atoms with Crippen molar-refractivity contribution in [1.82, 2.24) is 10.2 Å². The highest BCUT2D eigenvalue weighted by atomic mass is 79.9. The maximum atomic E-state index is 12.7. The lowest BCUT2D eigenvalue weighted by molar-refractivity contribution is -0.120. The van der Waals surface area contributed by atoms with E-state index in [1.807, 2.05) is 42.5 Å². The summed E-state index contributed by atoms with van der Waals surface area (Å²) in [5.74, 6) is -0.176. The molecule has 1 aromatic heterocycles. The lowest BCUT2D eigenvalue weighted by Crippen LogP contribution is -2.43. The molecule has 2 heterocycles. The fourth-order valence-corrected chi connectivity index (χ4v) is 4.71. The number of amides is 2. The van der Waals surface area contributed by atoms with Gasteiger partial charge in [0, 0.05) is 10.2 Å². The van der Waals surface area contributed by atoms with Crippen LogP contribution in [0.25, 0.3) is 0 Å². The van der Waals surface area contributed by atoms with E-state index >= 15 is 0 Å². The zero-order valence-corrected chi connectivity index (χ0v) is 17.6. The average molecular weight is 476 g/mol. The van der Waals surface area contributed by atoms with E-state index in [1.165, 1.54) is 28.0 Å². The van der Waals surface area contributed by atoms with Gasteiger partial charge in [-0.25, -0.2) is 0 Å². The maximum absolute atomic E-state index is 12.7. The predicted octanol–water partition coefficient (Wildman–Crippen LogP) is 4.12. The molecule has 0 bridgehead atoms. The van der Waals surface area contributed by atoms with Crippen molar-refractivity contribution >= 4 is 73.0 Å². The van der Waals surface area contributed by atoms with E-state index in [0.29, 0.717) is 20.8 Å². The standard InChI is InChI=1S/C18H14BrN5O2S2/c19-11-4-3-5-12(8-11)20-17-22-23-18(28-17)27-10-16(26)24-9-15(25)21-13-6-1-2-7-14(13)24/h1-8H,9-10H2,(H,20,22)(H,21,25). The summed E-state index contributed by atoms with van der Waals surface area (Å²) in [5, 5.41) is 14.8. The Morgan fingerprint density at radius 1 is 1.25 bits per heavy atom. The van der Waals surface area contributed by atoms with E-state index in [0.717, 1.165) is 10.2 Å². The van der Waals surface area contributed by atoms with Crippen LogP contribution in [0.2, 0.25) is 0 Å². The van der Waals surface area contributed by atoms with Crippen LogP contribution in [0.1, 0.15) is 0 Å². The van der Waals surface area contributed by atoms with Crippen LogP contribution in [0.4, 0.5) is 22.2 Å². The quantitative estimate of drug-likeness (QED) is 0.539. The van der Waals surface area contributed by atoms with E-state index in [9.17, 15) is 9.59 Å². The van der Waals surface area contributed by atoms with Gasteiger partial charge in [0.25, 0.3) is 0 Å². The van der Waals surface area contributed by atoms with Crippen molar-refractivity contribution in [2.24, 2.45) is 0 Å². The van der Waals surface area contributed by atoms with Gasteiger partial charge in [-0.15, -0.1) is 10.2 Å². The minimum Gasteiger partial charge on any atom is -0.330 e. The van der Waals surface area contributed by atoms with Gasteiger partial charge in [0.05, 0.1) is 17.1 Å². The molecule has 1 aliphatic rings. The van der Waals surface area contributed by atoms with E-state index in [2.05, 4.69) is 36.8 Å². The first-order chi connectivity index (χ1) is 13.6. The molecule has 142 valence electrons. The molecule has 2 aromatic carbocycles. The van der Waals surface area contributed by atoms with E-state index in [4.69, 9.17) is 0 Å². The van der Waals surface area contributed by atoms with Gasteiger partial charge >= 0.3 is 0 Å². The van der Waals surface area contributed by atoms with Crippen LogP contribution in [0.15, 0.2) is 57.3 Å². The Labute approximate surface area is 177 Å². The molecule has 10 heteroatoms. The lowest BCUT2D eigenvalue weighted by atomic mass is 10.2. The Bertz CT molecular complexity index is 1040. The molecule has 0 saturated heterocycles. The lowest BCUT2D eigenvalue weighted by Gasteiger charge is -2.28. The first kappa shape index (κ1) is 18.9. The molecule has 0 unspecified atom stereocenters. The summed E-state index contributed by atoms with van der Waals surface area (Å²) in [5.41, 5.74) is 2.25. The summed E-state index contributed by atoms with van der Waals surface area (Å²) >= 11 is 6.11. The van der Waals surface area contributed by atoms with E-state index < -0.39 is 0 Å². The van der Waals surface area contributed by atoms with Gasteiger partial charge in [-0.2, -0.15) is 0 Å². The van der Waals surface area contributed by atoms with Crippen molar-refractivity contribution in [3.05, 3.63) is 53.0 Å². The third kappa shape index (κ3) is 4.34. The van der Waals surface area contributed by atoms with Gasteiger partial charge < -0.3 is 15.5 Å². The zero-order chi connectivity index (χ0) is 19.5. The third-order valence-corrected chi connectivity index (χ3v) is 6.32. The molecule has 0 saturated carbocycles. The molecular formula is C18H14BrN5O2S2. The summed E-state index contributed by atoms with van der Waals surface area (Å²) in [4.78, 5) is 26.1. The first-order valence-corrected chi connectivity index (χ1v) is 10.9. The molecule has 2 amide bonds. The summed E-state index contributed by atoms with van der Waals surface area (Å²) in [6, 6.07) is 15.0. The van der Waals surface area contributed by atoms with Gasteiger partial charge in [0.1, 0.15) is 6.54 Å². The van der Waals surface area contributed by atoms with Crippen molar-refractivity contribution < 1.29 is 9.59 Å². The second-order valence-corrected chi connectivity index (χ2v) is 8.96. The number of nitrogens with one attached hydrogen (secondary N) is 2. The van der Waals surface area contributed by atoms with Crippen molar-refractivity contribution in [2.75, 3.05) is 27.8 Å². The van der Waals surface area contributed by atoms with Crippen molar-refractivity contribution in [2.45, 2.75) is 4.34 Å². The SMILES string of the molecule is O=C1CN(C(=O)CSc2nnc(Nc3cccc(Br)c3)s2)c2ccccc2N1. The molecule has 0 fully saturated rings. The van der Waals surface area contributed by atoms with E-state index in [-0.39, 0.29) is 24.1 Å². The Kier molecular flexibility index (Phi) is 5.60. The Hall–Kier alpha value is -2.43. The van der Waals surface area contributed by atoms with Gasteiger partial charge in [0.15, 0.2) is 4.34 Å². The monoisotopic (exact) mass is 475 g/mol. The molecule has 1 aliphatic heterocycles. The van der Waals surface area contributed by atoms with Crippen LogP contribution in [0.3, 0.4) is 0 Å². The highest BCUT2D eigenvalue weighted by Gasteiger charge is 2.26. The Morgan fingerprint density at radius 2 is 2.11 bits per heavy atom. The fraction of sp³-hybridized carbons (Fsp3) is 0.111. The van der Waals surface area contributed by atoms with Crippen LogP contribution < -0.4 is 15.5 Å². The number of para-hydroxylation sites is 2. The molecule has 0 spiro atoms. The molecule has 28 heavy (non-hydrogen) atoms. The smallest absolute Gasteiger partial charge is 0.244 e. The van der Waals surface area contributed by atoms with Crippen molar-refractivity contribution in [3.63, 3.8) is 0 Å². The number of anilines is 4. The summed E-state index contributed by atoms with van der Waals surface area (Å²) in [7, 11) is 0. The van der Waals surface area contributed by atoms with E-state index in [1.54, 1.807) is 6.07 Å². The van der Waals surface area contributed by atoms with Crippen LogP contribution in [0, 0.1) is 0 Å². The Balaban J connectivity index is 1.39. The van der Waals surface area contributed by atoms with Crippen LogP contribution >= 0.6 is 39.0 Å². The minimum atomic E-state index is -0.200. The topological polar surface area (TPSA) is 87.2 Å². The molecule has 4 rings (SSSR count). The Morgan fingerprint density at radius 3 is 2.96 bits per heavy atom. The van der Waals surface area contributed by atoms with Crippen molar-refractivity contribution in [3.8, 4) is 0 Å². The van der Waals surface area contributed by atoms with Gasteiger partial charge in [-0.1, -0.05) is 57.2 Å². The van der Waals surface area contributed by atoms with Crippen LogP contribution in [-0.4, -0.2) is 34.3 Å². The fourth-order valence-electron chi connectivity index (χ4n) is 2.67. The number of carbonyl (C=O) groups excluding carboxylic acids is 2. The summed E-state index contributed by atoms with van der Waals surface area (Å²) in [6.45, 7) is 0.0161. The minimum absolute atomic E-state index is 0.0161. The number of hydrogen-bond donors (Lipinski definition) is 2. The number of fused-ring (bicyclic) bond motifs is 1. The number of halogens is 1. The van der Waals surface area contributed by atoms with Crippen LogP contribution in [0.5, 0.6) is 0 Å². The molecule has 0 aliphatic carbocycles. The number of hydrogen-bond acceptors (Lipinski definition) is 7. The highest BCUT2D eigenvalue weighted by Crippen LogP contribution is 2.32. The molecule has 0 atom stereocenters. The number of aromatic nitrogens is 2. The number of carbonyl (C=O) groups is 2. The number of benzene rings is 2. The largest absolute Gasteiger partial charge is 0.330 e. The zero-order valence-electron chi connectivity index (χ0n) is 14.4. The van der Waals surface area contributed by atoms with Gasteiger partial charge in [0.2, 0.25) is 16.9 Å². The molecule has 3 aromatic rings. The molecule has 2 N–H and O–H groups in total. The second kappa shape index (κ2) is 8.29. The van der Waals surface area contributed by atoms with Gasteiger partial charge in [-0.3, -0.25) is 9.59 Å². The highest BCUT2D eigenvalue weighted by molar-refractivity contribution is 9.10. The molecule has 7 nitrogen and oxygen atoms in total. The molecule has 0 radical (unpaired) electrons. The summed E-state index contributed by atoms with van der Waals surface area (Å²) < 4.78 is 1.65. The maximum Gasteiger partial charge on any atom is 0.244 e. The number of nitrogens with zero attached hydrogens (tertiary/aromatic N) is 3. The predicted molar refractivity (Wildman–Crippen MR) is 115 cm³/mol. The second-order valence-electron chi connectivity index (χ2n) is 5.84. The summed E-state index contributed by atoms with van der Waals surface area (Å²) in [6.07, 6.45) is 0. The number of rotatable bonds is 5. The van der Waals surface area contributed by atoms with Crippen molar-refractivity contribution in [1.29, 1.82) is 0 Å². The first-order valence-electron chi connectivity index (χ1n) is 8.26. The van der Waals surface area contributed by atoms with Crippen LogP contribution in [-0.2, 0) is 9.59 Å². The van der Waals surface area contributed by atoms with Gasteiger partial charge in [-0.05, 0) is 30.3 Å². The third-order valence-electron chi connectivity index (χ3n) is 3.87. The number of thioether (sulfide) groups is 1. The average Bonchev–Trinajstić information content (AvgIpc) is 3.12. The molecular weight excluding hydrogens is 462 g/mol.